The van der Waals surface area contributed by atoms with Crippen molar-refractivity contribution in [3.63, 3.8) is 0 Å². The van der Waals surface area contributed by atoms with E-state index in [9.17, 15) is 4.79 Å². The summed E-state index contributed by atoms with van der Waals surface area (Å²) in [6.45, 7) is 8.60. The maximum absolute atomic E-state index is 12.2. The zero-order chi connectivity index (χ0) is 14.7. The number of hydrogen-bond acceptors (Lipinski definition) is 3. The average molecular weight is 278 g/mol. The molecule has 0 aromatic carbocycles. The molecule has 5 nitrogen and oxygen atoms in total. The number of nitrogens with one attached hydrogen (secondary N) is 1. The van der Waals surface area contributed by atoms with E-state index >= 15 is 0 Å². The molecular weight excluding hydrogens is 252 g/mol. The highest BCUT2D eigenvalue weighted by Crippen LogP contribution is 2.29. The number of carbonyl (C=O) groups excluding carboxylic acids is 1. The van der Waals surface area contributed by atoms with Crippen molar-refractivity contribution in [3.8, 4) is 0 Å². The van der Waals surface area contributed by atoms with Gasteiger partial charge in [-0.25, -0.2) is 0 Å². The van der Waals surface area contributed by atoms with Crippen LogP contribution in [0.15, 0.2) is 0 Å². The molecule has 2 rings (SSSR count). The lowest BCUT2D eigenvalue weighted by Crippen LogP contribution is -2.35. The quantitative estimate of drug-likeness (QED) is 0.831. The molecule has 1 amide bonds. The smallest absolute Gasteiger partial charge is 0.238 e. The fourth-order valence-corrected chi connectivity index (χ4v) is 2.55. The number of nitrogens with zero attached hydrogens (tertiary/aromatic N) is 3. The highest BCUT2D eigenvalue weighted by molar-refractivity contribution is 5.93. The molecule has 1 N–H and O–H groups in total. The second kappa shape index (κ2) is 6.39. The van der Waals surface area contributed by atoms with Crippen LogP contribution in [-0.4, -0.2) is 40.2 Å². The van der Waals surface area contributed by atoms with E-state index in [1.807, 2.05) is 20.9 Å². The Bertz CT molecular complexity index is 476. The molecule has 0 unspecified atom stereocenters. The summed E-state index contributed by atoms with van der Waals surface area (Å²) in [5, 5.41) is 7.34. The van der Waals surface area contributed by atoms with Crippen molar-refractivity contribution >= 4 is 11.6 Å². The molecule has 1 aliphatic carbocycles. The lowest BCUT2D eigenvalue weighted by atomic mass is 10.3. The van der Waals surface area contributed by atoms with Crippen molar-refractivity contribution in [2.75, 3.05) is 25.0 Å². The van der Waals surface area contributed by atoms with Crippen LogP contribution in [0.4, 0.5) is 5.69 Å². The molecule has 0 aliphatic heterocycles. The van der Waals surface area contributed by atoms with Crippen molar-refractivity contribution < 1.29 is 4.79 Å². The summed E-state index contributed by atoms with van der Waals surface area (Å²) < 4.78 is 1.80. The van der Waals surface area contributed by atoms with Gasteiger partial charge in [-0.15, -0.1) is 0 Å². The van der Waals surface area contributed by atoms with Gasteiger partial charge in [0.2, 0.25) is 5.91 Å². The zero-order valence-corrected chi connectivity index (χ0v) is 13.1. The number of aryl methyl sites for hydroxylation is 2. The highest BCUT2D eigenvalue weighted by Gasteiger charge is 2.25. The summed E-state index contributed by atoms with van der Waals surface area (Å²) in [5.74, 6) is 0.884. The zero-order valence-electron chi connectivity index (χ0n) is 13.1. The Kier molecular flexibility index (Phi) is 4.81. The van der Waals surface area contributed by atoms with Gasteiger partial charge < -0.3 is 5.32 Å². The summed E-state index contributed by atoms with van der Waals surface area (Å²) in [7, 11) is 1.90. The molecule has 0 atom stereocenters. The molecule has 0 bridgehead atoms. The molecular formula is C15H26N4O. The number of aromatic nitrogens is 2. The van der Waals surface area contributed by atoms with Gasteiger partial charge in [-0.3, -0.25) is 14.4 Å². The van der Waals surface area contributed by atoms with Crippen molar-refractivity contribution in [1.82, 2.24) is 14.7 Å². The number of anilines is 1. The van der Waals surface area contributed by atoms with Gasteiger partial charge >= 0.3 is 0 Å². The predicted molar refractivity (Wildman–Crippen MR) is 80.8 cm³/mol. The summed E-state index contributed by atoms with van der Waals surface area (Å²) in [6.07, 6.45) is 3.73. The van der Waals surface area contributed by atoms with Crippen LogP contribution in [0.5, 0.6) is 0 Å². The van der Waals surface area contributed by atoms with E-state index in [0.717, 1.165) is 42.5 Å². The number of rotatable bonds is 7. The Balaban J connectivity index is 1.92. The largest absolute Gasteiger partial charge is 0.322 e. The molecule has 0 spiro atoms. The van der Waals surface area contributed by atoms with E-state index in [0.29, 0.717) is 6.54 Å². The van der Waals surface area contributed by atoms with Crippen LogP contribution in [0.1, 0.15) is 37.6 Å². The van der Waals surface area contributed by atoms with Crippen LogP contribution in [-0.2, 0) is 11.8 Å². The maximum atomic E-state index is 12.2. The Morgan fingerprint density at radius 3 is 2.65 bits per heavy atom. The van der Waals surface area contributed by atoms with Gasteiger partial charge in [0.05, 0.1) is 23.6 Å². The van der Waals surface area contributed by atoms with Gasteiger partial charge in [-0.2, -0.15) is 5.10 Å². The standard InChI is InChI=1S/C15H26N4O/c1-5-8-19(9-13-6-7-13)10-14(20)16-15-11(2)17-18(4)12(15)3/h13H,5-10H2,1-4H3,(H,16,20). The molecule has 0 saturated heterocycles. The Morgan fingerprint density at radius 1 is 1.45 bits per heavy atom. The second-order valence-corrected chi connectivity index (χ2v) is 5.90. The third kappa shape index (κ3) is 3.82. The number of amides is 1. The fraction of sp³-hybridized carbons (Fsp3) is 0.733. The summed E-state index contributed by atoms with van der Waals surface area (Å²) in [4.78, 5) is 14.5. The van der Waals surface area contributed by atoms with Gasteiger partial charge in [0, 0.05) is 13.6 Å². The normalized spacial score (nSPS) is 14.8. The van der Waals surface area contributed by atoms with Gasteiger partial charge in [0.1, 0.15) is 0 Å². The van der Waals surface area contributed by atoms with Crippen molar-refractivity contribution in [2.45, 2.75) is 40.0 Å². The van der Waals surface area contributed by atoms with Gasteiger partial charge in [-0.05, 0) is 45.6 Å². The summed E-state index contributed by atoms with van der Waals surface area (Å²) >= 11 is 0. The van der Waals surface area contributed by atoms with Gasteiger partial charge in [0.15, 0.2) is 0 Å². The molecule has 0 radical (unpaired) electrons. The fourth-order valence-electron chi connectivity index (χ4n) is 2.55. The molecule has 1 saturated carbocycles. The van der Waals surface area contributed by atoms with E-state index in [1.165, 1.54) is 12.8 Å². The van der Waals surface area contributed by atoms with Crippen LogP contribution in [0, 0.1) is 19.8 Å². The third-order valence-corrected chi connectivity index (χ3v) is 3.89. The van der Waals surface area contributed by atoms with Crippen LogP contribution in [0.2, 0.25) is 0 Å². The SMILES string of the molecule is CCCN(CC(=O)Nc1c(C)nn(C)c1C)CC1CC1. The molecule has 1 aliphatic rings. The monoisotopic (exact) mass is 278 g/mol. The van der Waals surface area contributed by atoms with Gasteiger partial charge in [0.25, 0.3) is 0 Å². The lowest BCUT2D eigenvalue weighted by Gasteiger charge is -2.20. The van der Waals surface area contributed by atoms with Crippen LogP contribution in [0.25, 0.3) is 0 Å². The predicted octanol–water partition coefficient (Wildman–Crippen LogP) is 2.10. The topological polar surface area (TPSA) is 50.2 Å². The average Bonchev–Trinajstić information content (AvgIpc) is 3.15. The van der Waals surface area contributed by atoms with Crippen LogP contribution >= 0.6 is 0 Å². The number of carbonyl (C=O) groups is 1. The molecule has 1 heterocycles. The first-order chi connectivity index (χ1) is 9.51. The van der Waals surface area contributed by atoms with Crippen molar-refractivity contribution in [1.29, 1.82) is 0 Å². The van der Waals surface area contributed by atoms with Crippen LogP contribution < -0.4 is 5.32 Å². The molecule has 1 fully saturated rings. The van der Waals surface area contributed by atoms with E-state index in [-0.39, 0.29) is 5.91 Å². The molecule has 112 valence electrons. The van der Waals surface area contributed by atoms with Crippen molar-refractivity contribution in [2.24, 2.45) is 13.0 Å². The lowest BCUT2D eigenvalue weighted by molar-refractivity contribution is -0.117. The summed E-state index contributed by atoms with van der Waals surface area (Å²) in [5.41, 5.74) is 2.74. The second-order valence-electron chi connectivity index (χ2n) is 5.90. The minimum Gasteiger partial charge on any atom is -0.322 e. The first-order valence-corrected chi connectivity index (χ1v) is 7.53. The number of hydrogen-bond donors (Lipinski definition) is 1. The molecule has 20 heavy (non-hydrogen) atoms. The minimum atomic E-state index is 0.0679. The first-order valence-electron chi connectivity index (χ1n) is 7.53. The molecule has 1 aromatic rings. The Labute approximate surface area is 121 Å². The van der Waals surface area contributed by atoms with E-state index in [2.05, 4.69) is 22.2 Å². The molecule has 1 aromatic heterocycles. The third-order valence-electron chi connectivity index (χ3n) is 3.89. The van der Waals surface area contributed by atoms with E-state index < -0.39 is 0 Å². The van der Waals surface area contributed by atoms with E-state index in [4.69, 9.17) is 0 Å². The Morgan fingerprint density at radius 2 is 2.15 bits per heavy atom. The van der Waals surface area contributed by atoms with Crippen molar-refractivity contribution in [3.05, 3.63) is 11.4 Å². The van der Waals surface area contributed by atoms with Gasteiger partial charge in [-0.1, -0.05) is 6.92 Å². The van der Waals surface area contributed by atoms with Crippen LogP contribution in [0.3, 0.4) is 0 Å². The summed E-state index contributed by atoms with van der Waals surface area (Å²) in [6, 6.07) is 0. The maximum Gasteiger partial charge on any atom is 0.238 e. The first kappa shape index (κ1) is 15.0. The Hall–Kier alpha value is -1.36. The molecule has 5 heteroatoms. The highest BCUT2D eigenvalue weighted by atomic mass is 16.2. The van der Waals surface area contributed by atoms with E-state index in [1.54, 1.807) is 4.68 Å². The minimum absolute atomic E-state index is 0.0679.